The summed E-state index contributed by atoms with van der Waals surface area (Å²) in [5.41, 5.74) is 2.18. The summed E-state index contributed by atoms with van der Waals surface area (Å²) in [5, 5.41) is 2.99. The van der Waals surface area contributed by atoms with Gasteiger partial charge in [-0.3, -0.25) is 9.52 Å². The van der Waals surface area contributed by atoms with Gasteiger partial charge in [-0.25, -0.2) is 13.2 Å². The van der Waals surface area contributed by atoms with Crippen LogP contribution < -0.4 is 10.0 Å². The molecule has 8 nitrogen and oxygen atoms in total. The molecular formula is C25H33N3O5S. The minimum Gasteiger partial charge on any atom is -0.444 e. The molecule has 2 aromatic rings. The molecule has 1 heterocycles. The van der Waals surface area contributed by atoms with Crippen molar-refractivity contribution in [2.45, 2.75) is 64.0 Å². The third-order valence-electron chi connectivity index (χ3n) is 5.67. The number of hydrogen-bond donors (Lipinski definition) is 2. The predicted molar refractivity (Wildman–Crippen MR) is 131 cm³/mol. The van der Waals surface area contributed by atoms with Crippen molar-refractivity contribution in [1.29, 1.82) is 0 Å². The minimum absolute atomic E-state index is 0.0471. The van der Waals surface area contributed by atoms with Crippen molar-refractivity contribution in [2.75, 3.05) is 17.8 Å². The molecule has 0 bridgehead atoms. The second-order valence-corrected chi connectivity index (χ2v) is 11.3. The van der Waals surface area contributed by atoms with Crippen molar-refractivity contribution >= 4 is 27.7 Å². The molecule has 2 aromatic carbocycles. The Labute approximate surface area is 201 Å². The van der Waals surface area contributed by atoms with Gasteiger partial charge >= 0.3 is 6.09 Å². The summed E-state index contributed by atoms with van der Waals surface area (Å²) < 4.78 is 33.3. The van der Waals surface area contributed by atoms with Crippen molar-refractivity contribution < 1.29 is 22.7 Å². The van der Waals surface area contributed by atoms with Crippen molar-refractivity contribution in [1.82, 2.24) is 10.2 Å². The van der Waals surface area contributed by atoms with E-state index in [4.69, 9.17) is 4.74 Å². The predicted octanol–water partition coefficient (Wildman–Crippen LogP) is 4.23. The van der Waals surface area contributed by atoms with E-state index in [2.05, 4.69) is 10.0 Å². The Bertz CT molecular complexity index is 1150. The molecule has 0 aromatic heterocycles. The molecule has 9 heteroatoms. The van der Waals surface area contributed by atoms with Gasteiger partial charge in [0.1, 0.15) is 5.60 Å². The molecular weight excluding hydrogens is 454 g/mol. The smallest absolute Gasteiger partial charge is 0.410 e. The summed E-state index contributed by atoms with van der Waals surface area (Å²) in [6.07, 6.45) is 0.939. The average Bonchev–Trinajstić information content (AvgIpc) is 2.75. The quantitative estimate of drug-likeness (QED) is 0.657. The van der Waals surface area contributed by atoms with Crippen LogP contribution in [0.15, 0.2) is 47.4 Å². The lowest BCUT2D eigenvalue weighted by molar-refractivity contribution is 0.0199. The van der Waals surface area contributed by atoms with E-state index in [9.17, 15) is 18.0 Å². The second kappa shape index (κ2) is 10.0. The van der Waals surface area contributed by atoms with Gasteiger partial charge < -0.3 is 15.0 Å². The molecule has 3 rings (SSSR count). The zero-order valence-electron chi connectivity index (χ0n) is 20.3. The first-order valence-electron chi connectivity index (χ1n) is 11.3. The van der Waals surface area contributed by atoms with Gasteiger partial charge in [-0.2, -0.15) is 0 Å². The Kier molecular flexibility index (Phi) is 7.55. The lowest BCUT2D eigenvalue weighted by atomic mass is 10.0. The summed E-state index contributed by atoms with van der Waals surface area (Å²) in [6, 6.07) is 11.2. The molecule has 34 heavy (non-hydrogen) atoms. The number of carbonyl (C=O) groups is 2. The molecule has 1 saturated heterocycles. The highest BCUT2D eigenvalue weighted by molar-refractivity contribution is 7.92. The van der Waals surface area contributed by atoms with Crippen LogP contribution in [0.1, 0.15) is 55.1 Å². The molecule has 0 aliphatic carbocycles. The standard InChI is InChI=1S/C25H33N3O5S/c1-17-6-11-22(16-18(17)2)34(31,32)27-21-9-7-19(8-10-21)23(29)26-20-12-14-28(15-13-20)24(30)33-25(3,4)5/h6-11,16,20,27H,12-15H2,1-5H3,(H,26,29). The van der Waals surface area contributed by atoms with Crippen LogP contribution in [0.4, 0.5) is 10.5 Å². The van der Waals surface area contributed by atoms with E-state index < -0.39 is 15.6 Å². The Hall–Kier alpha value is -3.07. The summed E-state index contributed by atoms with van der Waals surface area (Å²) in [6.45, 7) is 10.3. The van der Waals surface area contributed by atoms with Gasteiger partial charge in [0.05, 0.1) is 4.90 Å². The number of anilines is 1. The number of amides is 2. The fourth-order valence-electron chi connectivity index (χ4n) is 3.59. The molecule has 2 N–H and O–H groups in total. The number of sulfonamides is 1. The molecule has 0 atom stereocenters. The number of piperidine rings is 1. The average molecular weight is 488 g/mol. The monoisotopic (exact) mass is 487 g/mol. The Morgan fingerprint density at radius 1 is 0.971 bits per heavy atom. The molecule has 0 saturated carbocycles. The summed E-state index contributed by atoms with van der Waals surface area (Å²) in [4.78, 5) is 26.7. The maximum atomic E-state index is 12.7. The number of carbonyl (C=O) groups excluding carboxylic acids is 2. The van der Waals surface area contributed by atoms with Gasteiger partial charge in [-0.15, -0.1) is 0 Å². The molecule has 1 aliphatic heterocycles. The first-order chi connectivity index (χ1) is 15.8. The van der Waals surface area contributed by atoms with Crippen molar-refractivity contribution in [3.63, 3.8) is 0 Å². The van der Waals surface area contributed by atoms with E-state index in [0.717, 1.165) is 11.1 Å². The minimum atomic E-state index is -3.73. The summed E-state index contributed by atoms with van der Waals surface area (Å²) in [5.74, 6) is -0.237. The van der Waals surface area contributed by atoms with Crippen LogP contribution in [0.25, 0.3) is 0 Å². The van der Waals surface area contributed by atoms with E-state index in [1.54, 1.807) is 47.4 Å². The number of nitrogens with one attached hydrogen (secondary N) is 2. The summed E-state index contributed by atoms with van der Waals surface area (Å²) >= 11 is 0. The SMILES string of the molecule is Cc1ccc(S(=O)(=O)Nc2ccc(C(=O)NC3CCN(C(=O)OC(C)(C)C)CC3)cc2)cc1C. The lowest BCUT2D eigenvalue weighted by Gasteiger charge is -2.33. The highest BCUT2D eigenvalue weighted by Crippen LogP contribution is 2.20. The second-order valence-electron chi connectivity index (χ2n) is 9.64. The number of rotatable bonds is 5. The number of hydrogen-bond acceptors (Lipinski definition) is 5. The molecule has 1 aliphatic rings. The fourth-order valence-corrected chi connectivity index (χ4v) is 4.73. The van der Waals surface area contributed by atoms with Crippen LogP contribution in [0, 0.1) is 13.8 Å². The molecule has 0 unspecified atom stereocenters. The maximum Gasteiger partial charge on any atom is 0.410 e. The topological polar surface area (TPSA) is 105 Å². The van der Waals surface area contributed by atoms with Gasteiger partial charge in [0.2, 0.25) is 0 Å². The normalized spacial score (nSPS) is 15.0. The van der Waals surface area contributed by atoms with E-state index >= 15 is 0 Å². The van der Waals surface area contributed by atoms with E-state index in [-0.39, 0.29) is 22.9 Å². The number of aryl methyl sites for hydroxylation is 2. The molecule has 2 amide bonds. The maximum absolute atomic E-state index is 12.7. The van der Waals surface area contributed by atoms with Crippen LogP contribution in [0.5, 0.6) is 0 Å². The Morgan fingerprint density at radius 3 is 2.15 bits per heavy atom. The molecule has 1 fully saturated rings. The van der Waals surface area contributed by atoms with E-state index in [0.29, 0.717) is 37.2 Å². The van der Waals surface area contributed by atoms with Gasteiger partial charge in [0.15, 0.2) is 0 Å². The fraction of sp³-hybridized carbons (Fsp3) is 0.440. The molecule has 0 spiro atoms. The highest BCUT2D eigenvalue weighted by atomic mass is 32.2. The van der Waals surface area contributed by atoms with Crippen LogP contribution >= 0.6 is 0 Å². The summed E-state index contributed by atoms with van der Waals surface area (Å²) in [7, 11) is -3.73. The number of nitrogens with zero attached hydrogens (tertiary/aromatic N) is 1. The Balaban J connectivity index is 1.54. The van der Waals surface area contributed by atoms with Gasteiger partial charge in [-0.1, -0.05) is 6.07 Å². The van der Waals surface area contributed by atoms with Crippen LogP contribution in [-0.4, -0.2) is 50.1 Å². The van der Waals surface area contributed by atoms with Gasteiger partial charge in [-0.05, 0) is 95.0 Å². The van der Waals surface area contributed by atoms with Crippen LogP contribution in [-0.2, 0) is 14.8 Å². The molecule has 184 valence electrons. The zero-order valence-corrected chi connectivity index (χ0v) is 21.2. The number of benzene rings is 2. The van der Waals surface area contributed by atoms with Crippen LogP contribution in [0.3, 0.4) is 0 Å². The highest BCUT2D eigenvalue weighted by Gasteiger charge is 2.27. The first-order valence-corrected chi connectivity index (χ1v) is 12.8. The zero-order chi connectivity index (χ0) is 25.1. The number of likely N-dealkylation sites (tertiary alicyclic amines) is 1. The van der Waals surface area contributed by atoms with E-state index in [1.807, 2.05) is 34.6 Å². The first kappa shape index (κ1) is 25.6. The third kappa shape index (κ3) is 6.72. The largest absolute Gasteiger partial charge is 0.444 e. The van der Waals surface area contributed by atoms with Crippen molar-refractivity contribution in [2.24, 2.45) is 0 Å². The number of ether oxygens (including phenoxy) is 1. The van der Waals surface area contributed by atoms with Crippen molar-refractivity contribution in [3.8, 4) is 0 Å². The van der Waals surface area contributed by atoms with Gasteiger partial charge in [0.25, 0.3) is 15.9 Å². The third-order valence-corrected chi connectivity index (χ3v) is 7.05. The molecule has 0 radical (unpaired) electrons. The Morgan fingerprint density at radius 2 is 1.59 bits per heavy atom. The van der Waals surface area contributed by atoms with Crippen LogP contribution in [0.2, 0.25) is 0 Å². The van der Waals surface area contributed by atoms with Gasteiger partial charge in [0, 0.05) is 30.4 Å². The lowest BCUT2D eigenvalue weighted by Crippen LogP contribution is -2.47. The van der Waals surface area contributed by atoms with E-state index in [1.165, 1.54) is 0 Å². The van der Waals surface area contributed by atoms with Crippen molar-refractivity contribution in [3.05, 3.63) is 59.2 Å².